The summed E-state index contributed by atoms with van der Waals surface area (Å²) < 4.78 is 66.2. The van der Waals surface area contributed by atoms with Gasteiger partial charge in [-0.3, -0.25) is 10.1 Å². The van der Waals surface area contributed by atoms with Crippen molar-refractivity contribution >= 4 is 15.7 Å². The van der Waals surface area contributed by atoms with Crippen LogP contribution in [0.2, 0.25) is 0 Å². The molecule has 0 fully saturated rings. The van der Waals surface area contributed by atoms with Crippen molar-refractivity contribution in [3.63, 3.8) is 0 Å². The van der Waals surface area contributed by atoms with Crippen molar-refractivity contribution in [1.82, 2.24) is 4.72 Å². The fourth-order valence-corrected chi connectivity index (χ4v) is 3.24. The summed E-state index contributed by atoms with van der Waals surface area (Å²) in [7, 11) is -4.15. The Balaban J connectivity index is 2.66. The smallest absolute Gasteiger partial charge is 0.372 e. The van der Waals surface area contributed by atoms with Crippen molar-refractivity contribution in [3.05, 3.63) is 33.9 Å². The first-order chi connectivity index (χ1) is 10.5. The van der Waals surface area contributed by atoms with Gasteiger partial charge >= 0.3 is 6.18 Å². The van der Waals surface area contributed by atoms with E-state index in [1.165, 1.54) is 19.1 Å². The van der Waals surface area contributed by atoms with Gasteiger partial charge in [-0.05, 0) is 18.9 Å². The first-order valence-electron chi connectivity index (χ1n) is 6.43. The van der Waals surface area contributed by atoms with Crippen LogP contribution in [0.4, 0.5) is 18.9 Å². The van der Waals surface area contributed by atoms with Crippen LogP contribution < -0.4 is 4.72 Å². The first kappa shape index (κ1) is 19.3. The van der Waals surface area contributed by atoms with Gasteiger partial charge < -0.3 is 4.74 Å². The molecule has 0 heterocycles. The highest BCUT2D eigenvalue weighted by atomic mass is 32.2. The Kier molecular flexibility index (Phi) is 6.47. The number of nitrogens with zero attached hydrogens (tertiary/aromatic N) is 1. The zero-order valence-electron chi connectivity index (χ0n) is 12.1. The van der Waals surface area contributed by atoms with Gasteiger partial charge in [-0.25, -0.2) is 13.1 Å². The number of rotatable bonds is 8. The van der Waals surface area contributed by atoms with Crippen LogP contribution in [0.1, 0.15) is 12.0 Å². The van der Waals surface area contributed by atoms with Crippen LogP contribution in [0.3, 0.4) is 0 Å². The number of alkyl halides is 3. The van der Waals surface area contributed by atoms with Crippen LogP contribution in [0, 0.1) is 17.0 Å². The highest BCUT2D eigenvalue weighted by Crippen LogP contribution is 2.26. The number of aryl methyl sites for hydroxylation is 1. The van der Waals surface area contributed by atoms with Gasteiger partial charge in [0.15, 0.2) is 4.90 Å². The van der Waals surface area contributed by atoms with Gasteiger partial charge in [-0.15, -0.1) is 0 Å². The van der Waals surface area contributed by atoms with Crippen molar-refractivity contribution in [2.75, 3.05) is 19.8 Å². The predicted molar refractivity (Wildman–Crippen MR) is 74.5 cm³/mol. The minimum atomic E-state index is -4.44. The van der Waals surface area contributed by atoms with Crippen molar-refractivity contribution in [2.45, 2.75) is 24.4 Å². The van der Waals surface area contributed by atoms with Crippen LogP contribution in [0.25, 0.3) is 0 Å². The number of nitrogens with one attached hydrogen (secondary N) is 1. The fraction of sp³-hybridized carbons (Fsp3) is 0.500. The van der Waals surface area contributed by atoms with Crippen LogP contribution in [-0.4, -0.2) is 39.3 Å². The summed E-state index contributed by atoms with van der Waals surface area (Å²) in [5.74, 6) is 0. The predicted octanol–water partition coefficient (Wildman–Crippen LogP) is 2.15. The average Bonchev–Trinajstić information content (AvgIpc) is 2.40. The molecule has 1 aromatic carbocycles. The lowest BCUT2D eigenvalue weighted by molar-refractivity contribution is -0.387. The van der Waals surface area contributed by atoms with E-state index in [4.69, 9.17) is 0 Å². The number of halogens is 3. The van der Waals surface area contributed by atoms with Crippen molar-refractivity contribution in [1.29, 1.82) is 0 Å². The number of hydrogen-bond donors (Lipinski definition) is 1. The van der Waals surface area contributed by atoms with Gasteiger partial charge in [0.1, 0.15) is 6.61 Å². The maximum atomic E-state index is 12.1. The van der Waals surface area contributed by atoms with E-state index in [9.17, 15) is 31.7 Å². The van der Waals surface area contributed by atoms with Crippen LogP contribution >= 0.6 is 0 Å². The van der Waals surface area contributed by atoms with E-state index in [0.717, 1.165) is 6.07 Å². The largest absolute Gasteiger partial charge is 0.411 e. The van der Waals surface area contributed by atoms with E-state index in [1.807, 2.05) is 0 Å². The molecule has 23 heavy (non-hydrogen) atoms. The van der Waals surface area contributed by atoms with Crippen LogP contribution in [0.15, 0.2) is 23.1 Å². The maximum Gasteiger partial charge on any atom is 0.411 e. The quantitative estimate of drug-likeness (QED) is 0.437. The average molecular weight is 356 g/mol. The molecule has 1 rings (SSSR count). The van der Waals surface area contributed by atoms with Crippen molar-refractivity contribution in [2.24, 2.45) is 0 Å². The molecular formula is C12H15F3N2O5S. The summed E-state index contributed by atoms with van der Waals surface area (Å²) in [6.45, 7) is -0.499. The molecule has 130 valence electrons. The molecule has 0 aromatic heterocycles. The Morgan fingerprint density at radius 2 is 2.00 bits per heavy atom. The lowest BCUT2D eigenvalue weighted by Gasteiger charge is -2.10. The summed E-state index contributed by atoms with van der Waals surface area (Å²) in [5, 5.41) is 10.9. The number of nitro benzene ring substituents is 1. The van der Waals surface area contributed by atoms with Crippen LogP contribution in [0.5, 0.6) is 0 Å². The van der Waals surface area contributed by atoms with Crippen molar-refractivity contribution in [3.8, 4) is 0 Å². The number of nitro groups is 1. The lowest BCUT2D eigenvalue weighted by atomic mass is 10.2. The number of hydrogen-bond acceptors (Lipinski definition) is 5. The molecule has 1 aromatic rings. The molecule has 0 saturated carbocycles. The molecule has 0 saturated heterocycles. The molecule has 0 unspecified atom stereocenters. The number of ether oxygens (including phenoxy) is 1. The summed E-state index contributed by atoms with van der Waals surface area (Å²) in [4.78, 5) is 9.65. The molecule has 0 amide bonds. The third-order valence-corrected chi connectivity index (χ3v) is 4.33. The third kappa shape index (κ3) is 6.12. The SMILES string of the molecule is Cc1cccc([N+](=O)[O-])c1S(=O)(=O)NCCCOCC(F)(F)F. The molecule has 1 N–H and O–H groups in total. The second-order valence-corrected chi connectivity index (χ2v) is 6.30. The van der Waals surface area contributed by atoms with E-state index >= 15 is 0 Å². The van der Waals surface area contributed by atoms with Gasteiger partial charge in [0, 0.05) is 19.2 Å². The Morgan fingerprint density at radius 3 is 2.57 bits per heavy atom. The highest BCUT2D eigenvalue weighted by Gasteiger charge is 2.28. The Labute approximate surface area is 130 Å². The first-order valence-corrected chi connectivity index (χ1v) is 7.91. The van der Waals surface area contributed by atoms with Gasteiger partial charge in [0.25, 0.3) is 5.69 Å². The number of benzene rings is 1. The normalized spacial score (nSPS) is 12.3. The zero-order chi connectivity index (χ0) is 17.7. The summed E-state index contributed by atoms with van der Waals surface area (Å²) in [6.07, 6.45) is -4.45. The Bertz CT molecular complexity index is 661. The third-order valence-electron chi connectivity index (χ3n) is 2.68. The number of sulfonamides is 1. The monoisotopic (exact) mass is 356 g/mol. The van der Waals surface area contributed by atoms with E-state index in [2.05, 4.69) is 9.46 Å². The molecule has 0 radical (unpaired) electrons. The van der Waals surface area contributed by atoms with Gasteiger partial charge in [0.2, 0.25) is 10.0 Å². The Morgan fingerprint density at radius 1 is 1.35 bits per heavy atom. The minimum Gasteiger partial charge on any atom is -0.372 e. The Hall–Kier alpha value is -1.72. The standard InChI is InChI=1S/C12H15F3N2O5S/c1-9-4-2-5-10(17(18)19)11(9)23(20,21)16-6-3-7-22-8-12(13,14)15/h2,4-5,16H,3,6-8H2,1H3. The minimum absolute atomic E-state index is 0.00497. The zero-order valence-corrected chi connectivity index (χ0v) is 12.9. The van der Waals surface area contributed by atoms with Crippen LogP contribution in [-0.2, 0) is 14.8 Å². The molecule has 0 aliphatic heterocycles. The molecule has 7 nitrogen and oxygen atoms in total. The van der Waals surface area contributed by atoms with E-state index in [1.54, 1.807) is 0 Å². The van der Waals surface area contributed by atoms with E-state index in [-0.39, 0.29) is 25.1 Å². The molecule has 0 aliphatic rings. The van der Waals surface area contributed by atoms with Gasteiger partial charge in [-0.2, -0.15) is 13.2 Å². The summed E-state index contributed by atoms with van der Waals surface area (Å²) in [6, 6.07) is 3.83. The fourth-order valence-electron chi connectivity index (χ4n) is 1.77. The molecule has 0 spiro atoms. The summed E-state index contributed by atoms with van der Waals surface area (Å²) in [5.41, 5.74) is -0.370. The molecular weight excluding hydrogens is 341 g/mol. The molecule has 0 bridgehead atoms. The summed E-state index contributed by atoms with van der Waals surface area (Å²) >= 11 is 0. The molecule has 0 aliphatic carbocycles. The molecule has 11 heteroatoms. The topological polar surface area (TPSA) is 98.5 Å². The van der Waals surface area contributed by atoms with E-state index in [0.29, 0.717) is 0 Å². The maximum absolute atomic E-state index is 12.1. The van der Waals surface area contributed by atoms with Gasteiger partial charge in [-0.1, -0.05) is 12.1 Å². The van der Waals surface area contributed by atoms with Crippen molar-refractivity contribution < 1.29 is 31.2 Å². The van der Waals surface area contributed by atoms with E-state index < -0.39 is 38.3 Å². The second kappa shape index (κ2) is 7.70. The lowest BCUT2D eigenvalue weighted by Crippen LogP contribution is -2.27. The molecule has 0 atom stereocenters. The second-order valence-electron chi connectivity index (χ2n) is 4.60. The highest BCUT2D eigenvalue weighted by molar-refractivity contribution is 7.89. The van der Waals surface area contributed by atoms with Gasteiger partial charge in [0.05, 0.1) is 4.92 Å².